The van der Waals surface area contributed by atoms with Gasteiger partial charge in [0.15, 0.2) is 5.78 Å². The fourth-order valence-electron chi connectivity index (χ4n) is 2.51. The highest BCUT2D eigenvalue weighted by Crippen LogP contribution is 2.22. The summed E-state index contributed by atoms with van der Waals surface area (Å²) in [4.78, 5) is 14.2. The minimum absolute atomic E-state index is 0.201. The molecule has 0 unspecified atom stereocenters. The van der Waals surface area contributed by atoms with E-state index in [2.05, 4.69) is 22.3 Å². The molecule has 19 heavy (non-hydrogen) atoms. The number of carbonyl (C=O) groups excluding carboxylic acids is 1. The molecule has 1 aliphatic rings. The third kappa shape index (κ3) is 4.15. The van der Waals surface area contributed by atoms with Crippen molar-refractivity contribution in [1.29, 1.82) is 0 Å². The first kappa shape index (κ1) is 14.2. The van der Waals surface area contributed by atoms with Crippen molar-refractivity contribution in [2.45, 2.75) is 25.7 Å². The van der Waals surface area contributed by atoms with Gasteiger partial charge in [0.2, 0.25) is 0 Å². The van der Waals surface area contributed by atoms with Crippen molar-refractivity contribution in [1.82, 2.24) is 10.2 Å². The molecule has 0 saturated heterocycles. The highest BCUT2D eigenvalue weighted by molar-refractivity contribution is 5.97. The first-order valence-electron chi connectivity index (χ1n) is 7.17. The molecule has 0 heterocycles. The van der Waals surface area contributed by atoms with Gasteiger partial charge in [-0.15, -0.1) is 0 Å². The van der Waals surface area contributed by atoms with Gasteiger partial charge in [0.1, 0.15) is 0 Å². The maximum atomic E-state index is 12.1. The van der Waals surface area contributed by atoms with E-state index in [4.69, 9.17) is 0 Å². The molecule has 1 N–H and O–H groups in total. The monoisotopic (exact) mass is 260 g/mol. The van der Waals surface area contributed by atoms with E-state index in [0.717, 1.165) is 25.1 Å². The van der Waals surface area contributed by atoms with Crippen molar-refractivity contribution in [2.24, 2.45) is 0 Å². The molecule has 0 bridgehead atoms. The van der Waals surface area contributed by atoms with Crippen LogP contribution in [0.2, 0.25) is 0 Å². The lowest BCUT2D eigenvalue weighted by Crippen LogP contribution is -2.30. The molecule has 3 heteroatoms. The molecule has 0 radical (unpaired) electrons. The van der Waals surface area contributed by atoms with Gasteiger partial charge in [-0.1, -0.05) is 12.1 Å². The largest absolute Gasteiger partial charge is 0.308 e. The molecule has 0 amide bonds. The molecular weight excluding hydrogens is 236 g/mol. The summed E-state index contributed by atoms with van der Waals surface area (Å²) < 4.78 is 0. The van der Waals surface area contributed by atoms with E-state index in [1.165, 1.54) is 30.4 Å². The lowest BCUT2D eigenvalue weighted by Gasteiger charge is -2.16. The fraction of sp³-hybridized carbons (Fsp3) is 0.562. The number of aryl methyl sites for hydroxylation is 2. The predicted molar refractivity (Wildman–Crippen MR) is 78.8 cm³/mol. The molecule has 0 aliphatic heterocycles. The van der Waals surface area contributed by atoms with E-state index >= 15 is 0 Å². The van der Waals surface area contributed by atoms with Crippen LogP contribution in [0, 0.1) is 0 Å². The number of fused-ring (bicyclic) bond motifs is 1. The minimum atomic E-state index is 0.201. The summed E-state index contributed by atoms with van der Waals surface area (Å²) >= 11 is 0. The third-order valence-electron chi connectivity index (χ3n) is 3.69. The number of carbonyl (C=O) groups is 1. The van der Waals surface area contributed by atoms with Crippen LogP contribution in [0.25, 0.3) is 0 Å². The first-order chi connectivity index (χ1) is 9.16. The van der Waals surface area contributed by atoms with E-state index in [1.807, 2.05) is 20.2 Å². The number of hydrogen-bond acceptors (Lipinski definition) is 3. The summed E-state index contributed by atoms with van der Waals surface area (Å²) in [5.74, 6) is 0.201. The Balaban J connectivity index is 1.88. The molecule has 2 rings (SSSR count). The highest BCUT2D eigenvalue weighted by atomic mass is 16.1. The Morgan fingerprint density at radius 2 is 1.95 bits per heavy atom. The number of benzene rings is 1. The van der Waals surface area contributed by atoms with Crippen LogP contribution in [-0.4, -0.2) is 44.4 Å². The van der Waals surface area contributed by atoms with E-state index in [-0.39, 0.29) is 5.78 Å². The lowest BCUT2D eigenvalue weighted by atomic mass is 9.90. The van der Waals surface area contributed by atoms with Gasteiger partial charge in [0, 0.05) is 18.7 Å². The summed E-state index contributed by atoms with van der Waals surface area (Å²) in [7, 11) is 4.07. The summed E-state index contributed by atoms with van der Waals surface area (Å²) in [6, 6.07) is 6.23. The summed E-state index contributed by atoms with van der Waals surface area (Å²) in [6.07, 6.45) is 4.84. The molecule has 1 aromatic carbocycles. The quantitative estimate of drug-likeness (QED) is 0.626. The number of nitrogens with zero attached hydrogens (tertiary/aromatic N) is 1. The summed E-state index contributed by atoms with van der Waals surface area (Å²) in [6.45, 7) is 2.24. The van der Waals surface area contributed by atoms with Crippen molar-refractivity contribution >= 4 is 5.78 Å². The second-order valence-electron chi connectivity index (χ2n) is 5.59. The zero-order valence-electron chi connectivity index (χ0n) is 12.0. The van der Waals surface area contributed by atoms with Crippen LogP contribution in [0.4, 0.5) is 0 Å². The number of Topliss-reactive ketones (excluding diaryl/α,β-unsaturated/α-hetero) is 1. The Bertz CT molecular complexity index is 440. The van der Waals surface area contributed by atoms with Gasteiger partial charge in [-0.05, 0) is 57.0 Å². The topological polar surface area (TPSA) is 32.3 Å². The molecule has 1 aromatic rings. The smallest absolute Gasteiger partial charge is 0.176 e. The molecule has 0 aromatic heterocycles. The Hall–Kier alpha value is -1.19. The first-order valence-corrected chi connectivity index (χ1v) is 7.17. The van der Waals surface area contributed by atoms with Gasteiger partial charge < -0.3 is 10.2 Å². The standard InChI is InChI=1S/C16H24N2O/c1-18(2)10-9-17-12-16(19)15-8-7-13-5-3-4-6-14(13)11-15/h7-8,11,17H,3-6,9-10,12H2,1-2H3. The van der Waals surface area contributed by atoms with Crippen LogP contribution < -0.4 is 5.32 Å². The predicted octanol–water partition coefficient (Wildman–Crippen LogP) is 1.90. The molecule has 0 atom stereocenters. The van der Waals surface area contributed by atoms with E-state index in [1.54, 1.807) is 0 Å². The maximum Gasteiger partial charge on any atom is 0.176 e. The zero-order chi connectivity index (χ0) is 13.7. The van der Waals surface area contributed by atoms with Crippen molar-refractivity contribution in [2.75, 3.05) is 33.7 Å². The lowest BCUT2D eigenvalue weighted by molar-refractivity contribution is 0.0990. The normalized spacial score (nSPS) is 14.5. The van der Waals surface area contributed by atoms with Gasteiger partial charge in [0.25, 0.3) is 0 Å². The molecule has 3 nitrogen and oxygen atoms in total. The third-order valence-corrected chi connectivity index (χ3v) is 3.69. The Morgan fingerprint density at radius 3 is 2.68 bits per heavy atom. The van der Waals surface area contributed by atoms with Crippen molar-refractivity contribution in [3.8, 4) is 0 Å². The molecule has 1 aliphatic carbocycles. The Kier molecular flexibility index (Phi) is 5.11. The number of nitrogens with one attached hydrogen (secondary N) is 1. The van der Waals surface area contributed by atoms with Gasteiger partial charge in [-0.25, -0.2) is 0 Å². The molecule has 0 spiro atoms. The molecule has 0 saturated carbocycles. The van der Waals surface area contributed by atoms with Crippen molar-refractivity contribution in [3.63, 3.8) is 0 Å². The average Bonchev–Trinajstić information content (AvgIpc) is 2.42. The van der Waals surface area contributed by atoms with Gasteiger partial charge in [-0.3, -0.25) is 4.79 Å². The number of ketones is 1. The van der Waals surface area contributed by atoms with Gasteiger partial charge in [0.05, 0.1) is 6.54 Å². The van der Waals surface area contributed by atoms with Crippen LogP contribution in [0.5, 0.6) is 0 Å². The van der Waals surface area contributed by atoms with Crippen LogP contribution in [0.1, 0.15) is 34.3 Å². The van der Waals surface area contributed by atoms with E-state index < -0.39 is 0 Å². The van der Waals surface area contributed by atoms with Crippen molar-refractivity contribution < 1.29 is 4.79 Å². The second-order valence-corrected chi connectivity index (χ2v) is 5.59. The van der Waals surface area contributed by atoms with Gasteiger partial charge in [-0.2, -0.15) is 0 Å². The minimum Gasteiger partial charge on any atom is -0.308 e. The maximum absolute atomic E-state index is 12.1. The van der Waals surface area contributed by atoms with Crippen LogP contribution >= 0.6 is 0 Å². The number of rotatable bonds is 6. The van der Waals surface area contributed by atoms with Crippen LogP contribution in [0.3, 0.4) is 0 Å². The number of likely N-dealkylation sites (N-methyl/N-ethyl adjacent to an activating group) is 1. The fourth-order valence-corrected chi connectivity index (χ4v) is 2.51. The Morgan fingerprint density at radius 1 is 1.21 bits per heavy atom. The van der Waals surface area contributed by atoms with Crippen molar-refractivity contribution in [3.05, 3.63) is 34.9 Å². The average molecular weight is 260 g/mol. The molecule has 0 fully saturated rings. The van der Waals surface area contributed by atoms with E-state index in [0.29, 0.717) is 6.54 Å². The SMILES string of the molecule is CN(C)CCNCC(=O)c1ccc2c(c1)CCCC2. The Labute approximate surface area is 116 Å². The van der Waals surface area contributed by atoms with Crippen LogP contribution in [-0.2, 0) is 12.8 Å². The van der Waals surface area contributed by atoms with Gasteiger partial charge >= 0.3 is 0 Å². The summed E-state index contributed by atoms with van der Waals surface area (Å²) in [5.41, 5.74) is 3.67. The summed E-state index contributed by atoms with van der Waals surface area (Å²) in [5, 5.41) is 3.20. The highest BCUT2D eigenvalue weighted by Gasteiger charge is 2.12. The second kappa shape index (κ2) is 6.83. The number of hydrogen-bond donors (Lipinski definition) is 1. The van der Waals surface area contributed by atoms with Crippen LogP contribution in [0.15, 0.2) is 18.2 Å². The van der Waals surface area contributed by atoms with E-state index in [9.17, 15) is 4.79 Å². The molecule has 104 valence electrons. The zero-order valence-corrected chi connectivity index (χ0v) is 12.0. The molecular formula is C16H24N2O.